The average Bonchev–Trinajstić information content (AvgIpc) is 2.53. The van der Waals surface area contributed by atoms with E-state index in [1.807, 2.05) is 37.3 Å². The van der Waals surface area contributed by atoms with Crippen molar-refractivity contribution in [2.45, 2.75) is 13.3 Å². The second kappa shape index (κ2) is 6.15. The number of pyridine rings is 1. The molecule has 0 unspecified atom stereocenters. The maximum absolute atomic E-state index is 11.8. The van der Waals surface area contributed by atoms with Crippen LogP contribution >= 0.6 is 0 Å². The molecule has 101 valence electrons. The van der Waals surface area contributed by atoms with Crippen LogP contribution in [-0.4, -0.2) is 17.9 Å². The van der Waals surface area contributed by atoms with Gasteiger partial charge in [-0.25, -0.2) is 0 Å². The smallest absolute Gasteiger partial charge is 0.162 e. The number of Topliss-reactive ketones (excluding diaryl/α,β-unsaturated/α-hetero) is 1. The van der Waals surface area contributed by atoms with Gasteiger partial charge in [0.25, 0.3) is 0 Å². The molecule has 0 aliphatic rings. The summed E-state index contributed by atoms with van der Waals surface area (Å²) in [5.74, 6) is 0.760. The Balaban J connectivity index is 2.52. The third-order valence-corrected chi connectivity index (χ3v) is 3.10. The quantitative estimate of drug-likeness (QED) is 0.777. The minimum absolute atomic E-state index is 0.00149. The summed E-state index contributed by atoms with van der Waals surface area (Å²) in [6.45, 7) is 5.69. The Morgan fingerprint density at radius 2 is 2.20 bits per heavy atom. The highest BCUT2D eigenvalue weighted by molar-refractivity contribution is 6.21. The summed E-state index contributed by atoms with van der Waals surface area (Å²) >= 11 is 0. The van der Waals surface area contributed by atoms with Crippen molar-refractivity contribution in [2.24, 2.45) is 0 Å². The van der Waals surface area contributed by atoms with E-state index in [9.17, 15) is 4.79 Å². The maximum atomic E-state index is 11.8. The summed E-state index contributed by atoms with van der Waals surface area (Å²) in [7, 11) is 1.62. The van der Waals surface area contributed by atoms with E-state index >= 15 is 0 Å². The van der Waals surface area contributed by atoms with Crippen LogP contribution in [0.3, 0.4) is 0 Å². The van der Waals surface area contributed by atoms with Crippen molar-refractivity contribution < 1.29 is 9.53 Å². The summed E-state index contributed by atoms with van der Waals surface area (Å²) < 4.78 is 5.23. The maximum Gasteiger partial charge on any atom is 0.162 e. The Labute approximate surface area is 118 Å². The van der Waals surface area contributed by atoms with Crippen molar-refractivity contribution in [1.29, 1.82) is 0 Å². The number of hydrogen-bond acceptors (Lipinski definition) is 3. The van der Waals surface area contributed by atoms with Gasteiger partial charge in [-0.3, -0.25) is 9.78 Å². The molecule has 0 bridgehead atoms. The SMILES string of the molecule is C=C(C(=O)CC)c1[c]nccc1-c1cccc(OC)c1. The van der Waals surface area contributed by atoms with Crippen LogP contribution < -0.4 is 4.74 Å². The highest BCUT2D eigenvalue weighted by Gasteiger charge is 2.14. The number of nitrogens with zero attached hydrogens (tertiary/aromatic N) is 1. The number of ether oxygens (including phenoxy) is 1. The topological polar surface area (TPSA) is 39.2 Å². The van der Waals surface area contributed by atoms with Crippen LogP contribution in [0.4, 0.5) is 0 Å². The number of carbonyl (C=O) groups excluding carboxylic acids is 1. The van der Waals surface area contributed by atoms with Gasteiger partial charge < -0.3 is 4.74 Å². The van der Waals surface area contributed by atoms with Gasteiger partial charge in [-0.1, -0.05) is 25.6 Å². The van der Waals surface area contributed by atoms with E-state index in [4.69, 9.17) is 4.74 Å². The van der Waals surface area contributed by atoms with Gasteiger partial charge in [0.05, 0.1) is 13.3 Å². The van der Waals surface area contributed by atoms with Crippen LogP contribution in [0.5, 0.6) is 5.75 Å². The number of rotatable bonds is 5. The fourth-order valence-electron chi connectivity index (χ4n) is 1.97. The van der Waals surface area contributed by atoms with Crippen molar-refractivity contribution in [3.05, 3.63) is 54.9 Å². The molecule has 1 aromatic heterocycles. The van der Waals surface area contributed by atoms with Crippen LogP contribution in [0.25, 0.3) is 16.7 Å². The Hall–Kier alpha value is -2.42. The van der Waals surface area contributed by atoms with E-state index in [-0.39, 0.29) is 5.78 Å². The normalized spacial score (nSPS) is 10.1. The first-order valence-corrected chi connectivity index (χ1v) is 6.41. The van der Waals surface area contributed by atoms with Crippen molar-refractivity contribution in [3.8, 4) is 16.9 Å². The number of methoxy groups -OCH3 is 1. The number of allylic oxidation sites excluding steroid dienone is 1. The summed E-state index contributed by atoms with van der Waals surface area (Å²) in [6, 6.07) is 9.51. The Morgan fingerprint density at radius 3 is 2.90 bits per heavy atom. The molecule has 20 heavy (non-hydrogen) atoms. The van der Waals surface area contributed by atoms with Crippen LogP contribution in [0.1, 0.15) is 18.9 Å². The lowest BCUT2D eigenvalue weighted by atomic mass is 9.94. The van der Waals surface area contributed by atoms with Gasteiger partial charge in [0.15, 0.2) is 5.78 Å². The second-order valence-electron chi connectivity index (χ2n) is 4.33. The number of aromatic nitrogens is 1. The summed E-state index contributed by atoms with van der Waals surface area (Å²) in [6.07, 6.45) is 4.95. The third-order valence-electron chi connectivity index (χ3n) is 3.10. The molecular weight excluding hydrogens is 250 g/mol. The molecule has 1 radical (unpaired) electrons. The van der Waals surface area contributed by atoms with Crippen LogP contribution in [0.15, 0.2) is 43.1 Å². The molecular formula is C17H16NO2. The molecule has 1 heterocycles. The molecule has 0 saturated heterocycles. The van der Waals surface area contributed by atoms with Gasteiger partial charge in [-0.05, 0) is 29.3 Å². The summed E-state index contributed by atoms with van der Waals surface area (Å²) in [4.78, 5) is 15.8. The summed E-state index contributed by atoms with van der Waals surface area (Å²) in [5.41, 5.74) is 2.92. The van der Waals surface area contributed by atoms with Crippen molar-refractivity contribution in [1.82, 2.24) is 4.98 Å². The van der Waals surface area contributed by atoms with Crippen LogP contribution in [-0.2, 0) is 4.79 Å². The molecule has 0 atom stereocenters. The highest BCUT2D eigenvalue weighted by atomic mass is 16.5. The zero-order valence-corrected chi connectivity index (χ0v) is 11.6. The van der Waals surface area contributed by atoms with Gasteiger partial charge in [-0.2, -0.15) is 0 Å². The number of ketones is 1. The molecule has 0 N–H and O–H groups in total. The number of hydrogen-bond donors (Lipinski definition) is 0. The van der Waals surface area contributed by atoms with Crippen LogP contribution in [0.2, 0.25) is 0 Å². The van der Waals surface area contributed by atoms with E-state index in [1.165, 1.54) is 0 Å². The van der Waals surface area contributed by atoms with Crippen molar-refractivity contribution in [2.75, 3.05) is 7.11 Å². The van der Waals surface area contributed by atoms with Gasteiger partial charge in [0.2, 0.25) is 0 Å². The van der Waals surface area contributed by atoms with E-state index < -0.39 is 0 Å². The van der Waals surface area contributed by atoms with Gasteiger partial charge in [0, 0.05) is 23.8 Å². The first kappa shape index (κ1) is 14.0. The predicted molar refractivity (Wildman–Crippen MR) is 79.4 cm³/mol. The van der Waals surface area contributed by atoms with Crippen LogP contribution in [0, 0.1) is 6.20 Å². The standard InChI is InChI=1S/C17H16NO2/c1-4-17(19)12(2)16-11-18-9-8-15(16)13-6-5-7-14(10-13)20-3/h5-10H,2,4H2,1,3H3. The predicted octanol–water partition coefficient (Wildman–Crippen LogP) is 3.55. The summed E-state index contributed by atoms with van der Waals surface area (Å²) in [5, 5.41) is 0. The van der Waals surface area contributed by atoms with E-state index in [0.717, 1.165) is 16.9 Å². The molecule has 0 aliphatic carbocycles. The first-order chi connectivity index (χ1) is 9.67. The van der Waals surface area contributed by atoms with Gasteiger partial charge in [0.1, 0.15) is 5.75 Å². The molecule has 0 aliphatic heterocycles. The number of benzene rings is 1. The zero-order chi connectivity index (χ0) is 14.5. The molecule has 2 rings (SSSR count). The lowest BCUT2D eigenvalue weighted by Gasteiger charge is -2.11. The van der Waals surface area contributed by atoms with E-state index in [2.05, 4.69) is 17.8 Å². The molecule has 0 saturated carbocycles. The van der Waals surface area contributed by atoms with Crippen molar-refractivity contribution in [3.63, 3.8) is 0 Å². The molecule has 3 heteroatoms. The Kier molecular flexibility index (Phi) is 4.31. The molecule has 3 nitrogen and oxygen atoms in total. The third kappa shape index (κ3) is 2.77. The molecule has 0 spiro atoms. The minimum Gasteiger partial charge on any atom is -0.497 e. The highest BCUT2D eigenvalue weighted by Crippen LogP contribution is 2.30. The zero-order valence-electron chi connectivity index (χ0n) is 11.6. The monoisotopic (exact) mass is 266 g/mol. The molecule has 0 amide bonds. The lowest BCUT2D eigenvalue weighted by molar-refractivity contribution is -0.113. The number of carbonyl (C=O) groups is 1. The minimum atomic E-state index is -0.00149. The van der Waals surface area contributed by atoms with Gasteiger partial charge in [-0.15, -0.1) is 0 Å². The Bertz CT molecular complexity index is 647. The fourth-order valence-corrected chi connectivity index (χ4v) is 1.97. The fraction of sp³-hybridized carbons (Fsp3) is 0.176. The lowest BCUT2D eigenvalue weighted by Crippen LogP contribution is -2.01. The molecule has 1 aromatic carbocycles. The molecule has 0 fully saturated rings. The van der Waals surface area contributed by atoms with E-state index in [1.54, 1.807) is 13.3 Å². The average molecular weight is 266 g/mol. The largest absolute Gasteiger partial charge is 0.497 e. The first-order valence-electron chi connectivity index (χ1n) is 6.41. The van der Waals surface area contributed by atoms with Crippen molar-refractivity contribution >= 4 is 11.4 Å². The second-order valence-corrected chi connectivity index (χ2v) is 4.33. The van der Waals surface area contributed by atoms with Gasteiger partial charge >= 0.3 is 0 Å². The molecule has 2 aromatic rings. The Morgan fingerprint density at radius 1 is 1.40 bits per heavy atom. The van der Waals surface area contributed by atoms with E-state index in [0.29, 0.717) is 17.6 Å².